The Labute approximate surface area is 120 Å². The number of non-ortho nitro benzene ring substituents is 1. The Hall–Kier alpha value is -2.96. The second-order valence-corrected chi connectivity index (χ2v) is 4.17. The Balaban J connectivity index is 2.09. The van der Waals surface area contributed by atoms with Crippen LogP contribution in [0.25, 0.3) is 0 Å². The Bertz CT molecular complexity index is 656. The number of hydrogen-bond donors (Lipinski definition) is 1. The molecule has 0 amide bonds. The molecule has 0 bridgehead atoms. The van der Waals surface area contributed by atoms with Crippen LogP contribution in [0.2, 0.25) is 0 Å². The molecule has 7 heteroatoms. The molecule has 7 nitrogen and oxygen atoms in total. The summed E-state index contributed by atoms with van der Waals surface area (Å²) in [7, 11) is 1.30. The van der Waals surface area contributed by atoms with Crippen LogP contribution in [0.3, 0.4) is 0 Å². The number of carbonyl (C=O) groups is 1. The Morgan fingerprint density at radius 2 is 2.05 bits per heavy atom. The number of rotatable bonds is 5. The lowest BCUT2D eigenvalue weighted by Crippen LogP contribution is -2.09. The molecule has 0 fully saturated rings. The van der Waals surface area contributed by atoms with E-state index in [1.165, 1.54) is 19.2 Å². The highest BCUT2D eigenvalue weighted by Gasteiger charge is 2.12. The molecule has 1 aromatic heterocycles. The molecule has 1 aromatic carbocycles. The minimum atomic E-state index is -0.478. The summed E-state index contributed by atoms with van der Waals surface area (Å²) in [5.74, 6) is -0.0722. The van der Waals surface area contributed by atoms with Gasteiger partial charge in [0.05, 0.1) is 12.0 Å². The zero-order chi connectivity index (χ0) is 15.2. The van der Waals surface area contributed by atoms with Gasteiger partial charge in [-0.15, -0.1) is 0 Å². The van der Waals surface area contributed by atoms with Gasteiger partial charge in [0.15, 0.2) is 0 Å². The fourth-order valence-electron chi connectivity index (χ4n) is 1.74. The summed E-state index contributed by atoms with van der Waals surface area (Å²) in [6.45, 7) is 0.388. The zero-order valence-electron chi connectivity index (χ0n) is 11.3. The number of anilines is 1. The molecule has 2 rings (SSSR count). The van der Waals surface area contributed by atoms with Crippen LogP contribution in [0.1, 0.15) is 15.9 Å². The number of nitrogens with one attached hydrogen (secondary N) is 1. The van der Waals surface area contributed by atoms with Gasteiger partial charge in [0.1, 0.15) is 11.4 Å². The van der Waals surface area contributed by atoms with Crippen molar-refractivity contribution in [1.82, 2.24) is 4.98 Å². The molecule has 0 aliphatic carbocycles. The molecule has 0 atom stereocenters. The predicted molar refractivity (Wildman–Crippen MR) is 76.0 cm³/mol. The topological polar surface area (TPSA) is 94.4 Å². The number of benzene rings is 1. The molecule has 108 valence electrons. The van der Waals surface area contributed by atoms with Gasteiger partial charge in [-0.25, -0.2) is 9.78 Å². The number of nitrogens with zero attached hydrogens (tertiary/aromatic N) is 2. The maximum atomic E-state index is 11.6. The van der Waals surface area contributed by atoms with E-state index in [9.17, 15) is 14.9 Å². The van der Waals surface area contributed by atoms with Gasteiger partial charge in [-0.2, -0.15) is 0 Å². The highest BCUT2D eigenvalue weighted by atomic mass is 16.6. The summed E-state index contributed by atoms with van der Waals surface area (Å²) in [5.41, 5.74) is 1.20. The van der Waals surface area contributed by atoms with Gasteiger partial charge < -0.3 is 10.1 Å². The van der Waals surface area contributed by atoms with Crippen LogP contribution < -0.4 is 5.32 Å². The van der Waals surface area contributed by atoms with Crippen LogP contribution in [0, 0.1) is 10.1 Å². The highest BCUT2D eigenvalue weighted by molar-refractivity contribution is 5.94. The fraction of sp³-hybridized carbons (Fsp3) is 0.143. The van der Waals surface area contributed by atoms with E-state index in [2.05, 4.69) is 15.0 Å². The van der Waals surface area contributed by atoms with E-state index < -0.39 is 10.9 Å². The van der Waals surface area contributed by atoms with Gasteiger partial charge in [-0.1, -0.05) is 12.1 Å². The number of nitro benzene ring substituents is 1. The van der Waals surface area contributed by atoms with Crippen LogP contribution in [0.4, 0.5) is 11.5 Å². The number of ether oxygens (including phenoxy) is 1. The maximum Gasteiger partial charge on any atom is 0.341 e. The van der Waals surface area contributed by atoms with E-state index in [1.54, 1.807) is 30.5 Å². The van der Waals surface area contributed by atoms with Crippen molar-refractivity contribution in [3.63, 3.8) is 0 Å². The first kappa shape index (κ1) is 14.4. The predicted octanol–water partition coefficient (Wildman–Crippen LogP) is 2.39. The molecule has 0 aliphatic rings. The molecule has 0 aliphatic heterocycles. The lowest BCUT2D eigenvalue weighted by Gasteiger charge is -2.09. The molecule has 0 spiro atoms. The normalized spacial score (nSPS) is 9.95. The second kappa shape index (κ2) is 6.47. The number of nitro groups is 1. The van der Waals surface area contributed by atoms with Gasteiger partial charge in [0.2, 0.25) is 0 Å². The SMILES string of the molecule is COC(=O)c1cccnc1NCc1ccc([N+](=O)[O-])cc1. The summed E-state index contributed by atoms with van der Waals surface area (Å²) in [6, 6.07) is 9.39. The Morgan fingerprint density at radius 3 is 2.67 bits per heavy atom. The molecule has 2 aromatic rings. The average Bonchev–Trinajstić information content (AvgIpc) is 2.52. The van der Waals surface area contributed by atoms with E-state index >= 15 is 0 Å². The molecule has 0 saturated carbocycles. The van der Waals surface area contributed by atoms with E-state index in [4.69, 9.17) is 0 Å². The molecule has 0 unspecified atom stereocenters. The third-order valence-corrected chi connectivity index (χ3v) is 2.82. The Morgan fingerprint density at radius 1 is 1.33 bits per heavy atom. The van der Waals surface area contributed by atoms with Gasteiger partial charge in [-0.05, 0) is 17.7 Å². The van der Waals surface area contributed by atoms with Crippen LogP contribution in [-0.4, -0.2) is 23.0 Å². The summed E-state index contributed by atoms with van der Waals surface area (Å²) < 4.78 is 4.68. The summed E-state index contributed by atoms with van der Waals surface area (Å²) in [5, 5.41) is 13.6. The van der Waals surface area contributed by atoms with Crippen LogP contribution >= 0.6 is 0 Å². The number of hydrogen-bond acceptors (Lipinski definition) is 6. The number of pyridine rings is 1. The van der Waals surface area contributed by atoms with Crippen LogP contribution in [0.15, 0.2) is 42.6 Å². The summed E-state index contributed by atoms with van der Waals surface area (Å²) >= 11 is 0. The number of aromatic nitrogens is 1. The minimum Gasteiger partial charge on any atom is -0.465 e. The van der Waals surface area contributed by atoms with Crippen LogP contribution in [0.5, 0.6) is 0 Å². The van der Waals surface area contributed by atoms with Gasteiger partial charge in [0, 0.05) is 24.9 Å². The first-order valence-corrected chi connectivity index (χ1v) is 6.12. The van der Waals surface area contributed by atoms with E-state index in [0.717, 1.165) is 5.56 Å². The summed E-state index contributed by atoms with van der Waals surface area (Å²) in [4.78, 5) is 25.8. The fourth-order valence-corrected chi connectivity index (χ4v) is 1.74. The van der Waals surface area contributed by atoms with Crippen molar-refractivity contribution in [2.24, 2.45) is 0 Å². The largest absolute Gasteiger partial charge is 0.465 e. The van der Waals surface area contributed by atoms with Gasteiger partial charge >= 0.3 is 5.97 Å². The van der Waals surface area contributed by atoms with Crippen molar-refractivity contribution >= 4 is 17.5 Å². The molecular formula is C14H13N3O4. The molecular weight excluding hydrogens is 274 g/mol. The molecule has 21 heavy (non-hydrogen) atoms. The van der Waals surface area contributed by atoms with Crippen molar-refractivity contribution in [3.8, 4) is 0 Å². The van der Waals surface area contributed by atoms with E-state index in [0.29, 0.717) is 17.9 Å². The first-order valence-electron chi connectivity index (χ1n) is 6.12. The monoisotopic (exact) mass is 287 g/mol. The van der Waals surface area contributed by atoms with E-state index in [-0.39, 0.29) is 5.69 Å². The minimum absolute atomic E-state index is 0.0341. The maximum absolute atomic E-state index is 11.6. The van der Waals surface area contributed by atoms with Crippen LogP contribution in [-0.2, 0) is 11.3 Å². The smallest absolute Gasteiger partial charge is 0.341 e. The average molecular weight is 287 g/mol. The van der Waals surface area contributed by atoms with Crippen molar-refractivity contribution in [2.45, 2.75) is 6.54 Å². The highest BCUT2D eigenvalue weighted by Crippen LogP contribution is 2.16. The second-order valence-electron chi connectivity index (χ2n) is 4.17. The molecule has 1 N–H and O–H groups in total. The number of methoxy groups -OCH3 is 1. The lowest BCUT2D eigenvalue weighted by atomic mass is 10.2. The third kappa shape index (κ3) is 3.53. The number of carbonyl (C=O) groups excluding carboxylic acids is 1. The quantitative estimate of drug-likeness (QED) is 0.515. The molecule has 0 radical (unpaired) electrons. The van der Waals surface area contributed by atoms with E-state index in [1.807, 2.05) is 0 Å². The van der Waals surface area contributed by atoms with Crippen molar-refractivity contribution in [1.29, 1.82) is 0 Å². The van der Waals surface area contributed by atoms with Crippen molar-refractivity contribution in [2.75, 3.05) is 12.4 Å². The molecule has 1 heterocycles. The lowest BCUT2D eigenvalue weighted by molar-refractivity contribution is -0.384. The first-order chi connectivity index (χ1) is 10.1. The zero-order valence-corrected chi connectivity index (χ0v) is 11.3. The van der Waals surface area contributed by atoms with Gasteiger partial charge in [0.25, 0.3) is 5.69 Å². The van der Waals surface area contributed by atoms with Crippen molar-refractivity contribution < 1.29 is 14.5 Å². The number of esters is 1. The summed E-state index contributed by atoms with van der Waals surface area (Å²) in [6.07, 6.45) is 1.56. The standard InChI is InChI=1S/C14H13N3O4/c1-21-14(18)12-3-2-8-15-13(12)16-9-10-4-6-11(7-5-10)17(19)20/h2-8H,9H2,1H3,(H,15,16). The Kier molecular flexibility index (Phi) is 4.45. The molecule has 0 saturated heterocycles. The van der Waals surface area contributed by atoms with Crippen molar-refractivity contribution in [3.05, 3.63) is 63.8 Å². The third-order valence-electron chi connectivity index (χ3n) is 2.82. The van der Waals surface area contributed by atoms with Gasteiger partial charge in [-0.3, -0.25) is 10.1 Å².